The molecule has 77 heavy (non-hydrogen) atoms. The van der Waals surface area contributed by atoms with Crippen LogP contribution in [0.25, 0.3) is 0 Å². The van der Waals surface area contributed by atoms with E-state index in [4.69, 9.17) is 37.9 Å². The Morgan fingerprint density at radius 3 is 1.84 bits per heavy atom. The lowest BCUT2D eigenvalue weighted by atomic mass is 9.33. The predicted molar refractivity (Wildman–Crippen MR) is 255 cm³/mol. The van der Waals surface area contributed by atoms with Crippen molar-refractivity contribution in [2.75, 3.05) is 13.2 Å². The van der Waals surface area contributed by atoms with Crippen LogP contribution in [0.4, 0.5) is 0 Å². The van der Waals surface area contributed by atoms with E-state index >= 15 is 4.79 Å². The molecule has 4 saturated heterocycles. The predicted octanol–water partition coefficient (Wildman–Crippen LogP) is -2.63. The molecule has 4 aliphatic heterocycles. The molecule has 0 bridgehead atoms. The molecule has 0 radical (unpaired) electrons. The van der Waals surface area contributed by atoms with Crippen molar-refractivity contribution in [1.29, 1.82) is 0 Å². The average molecular weight is 1110 g/mol. The average Bonchev–Trinajstić information content (AvgIpc) is 3.55. The van der Waals surface area contributed by atoms with Gasteiger partial charge in [-0.3, -0.25) is 9.59 Å². The minimum absolute atomic E-state index is 0.00693. The van der Waals surface area contributed by atoms with Crippen molar-refractivity contribution in [3.05, 3.63) is 11.6 Å². The molecule has 4 saturated carbocycles. The molecule has 0 spiro atoms. The number of fused-ring (bicyclic) bond motifs is 7. The van der Waals surface area contributed by atoms with Gasteiger partial charge in [0.05, 0.1) is 36.9 Å². The van der Waals surface area contributed by atoms with Gasteiger partial charge < -0.3 is 109 Å². The van der Waals surface area contributed by atoms with Crippen molar-refractivity contribution in [2.45, 2.75) is 229 Å². The standard InChI is InChI=1S/C52H80O25/c1-19-36(73-41-33(62)28(57)23(54)17-70-41)32(61)35(64)42(72-19)75-38-29(58)24(55)18-71-44(38)77-46(69)52-13-12-47(2,3)14-21(52)20-8-9-25-48(4)15-22(53)39(76-43-34(63)30(59)31(60)37(74-43)40(65)66)51(7,45(67)68)26(48)10-11-49(25,5)50(20,6)16-27(52)56/h8,19,21-39,41-44,53-64H,9-18H2,1-7H3,(H,65,66)(H,67,68)/t19-,21-,22-,23+,24-,25+,26+,27-,28-,29-,30-,31-,32-,33+,34+,35+,36-,37-,38+,39-,41-,42-,43-,44-,48+,49+,50+,51-,52+/m0/s1. The van der Waals surface area contributed by atoms with E-state index in [0.717, 1.165) is 5.57 Å². The van der Waals surface area contributed by atoms with Gasteiger partial charge in [0.15, 0.2) is 31.1 Å². The van der Waals surface area contributed by atoms with E-state index in [9.17, 15) is 81.1 Å². The second-order valence-electron chi connectivity index (χ2n) is 25.4. The van der Waals surface area contributed by atoms with Gasteiger partial charge in [-0.05, 0) is 105 Å². The van der Waals surface area contributed by atoms with Gasteiger partial charge in [0, 0.05) is 0 Å². The molecule has 25 heteroatoms. The Kier molecular flexibility index (Phi) is 15.8. The lowest BCUT2D eigenvalue weighted by Crippen LogP contribution is -2.71. The lowest BCUT2D eigenvalue weighted by Gasteiger charge is -2.71. The van der Waals surface area contributed by atoms with Crippen LogP contribution in [0.5, 0.6) is 0 Å². The first kappa shape index (κ1) is 59.0. The van der Waals surface area contributed by atoms with Crippen molar-refractivity contribution in [3.8, 4) is 0 Å². The Labute approximate surface area is 444 Å². The number of aliphatic hydroxyl groups excluding tert-OH is 12. The van der Waals surface area contributed by atoms with Crippen LogP contribution >= 0.6 is 0 Å². The molecule has 0 aromatic carbocycles. The van der Waals surface area contributed by atoms with Gasteiger partial charge >= 0.3 is 17.9 Å². The number of aliphatic carboxylic acids is 2. The van der Waals surface area contributed by atoms with Gasteiger partial charge in [0.1, 0.15) is 78.7 Å². The van der Waals surface area contributed by atoms with Gasteiger partial charge in [-0.15, -0.1) is 0 Å². The van der Waals surface area contributed by atoms with Gasteiger partial charge in [-0.2, -0.15) is 0 Å². The molecule has 9 aliphatic rings. The molecular weight excluding hydrogens is 1020 g/mol. The van der Waals surface area contributed by atoms with Crippen LogP contribution in [0.2, 0.25) is 0 Å². The number of aliphatic hydroxyl groups is 12. The zero-order chi connectivity index (χ0) is 56.6. The van der Waals surface area contributed by atoms with Crippen molar-refractivity contribution in [3.63, 3.8) is 0 Å². The summed E-state index contributed by atoms with van der Waals surface area (Å²) in [5, 5.41) is 153. The Morgan fingerprint density at radius 2 is 1.19 bits per heavy atom. The summed E-state index contributed by atoms with van der Waals surface area (Å²) < 4.78 is 46.4. The van der Waals surface area contributed by atoms with Crippen molar-refractivity contribution < 1.29 is 124 Å². The number of carbonyl (C=O) groups excluding carboxylic acids is 1. The summed E-state index contributed by atoms with van der Waals surface area (Å²) in [6.07, 6.45) is -31.4. The SMILES string of the molecule is C[C@@H]1O[C@@H](O[C@H]2[C@H](OC(=O)[C@]34CCC(C)(C)C[C@H]3C3=CC[C@@H]5[C@@]6(C)C[C@H](O)[C@H](O[C@@H]7O[C@H](C(=O)O)[C@@H](O)[C@H](O)[C@H]7O)[C@@](C)(C(=O)O)[C@@H]6CC[C@@]5(C)[C@]3(C)C[C@@H]4O)OC[C@H](O)[C@@H]2O)[C@H](O)[C@H](O)[C@H]1O[C@@H]1OC[C@@H](O)[C@H](O)[C@H]1O. The van der Waals surface area contributed by atoms with Crippen molar-refractivity contribution in [2.24, 2.45) is 50.2 Å². The highest BCUT2D eigenvalue weighted by Gasteiger charge is 2.74. The monoisotopic (exact) mass is 1100 g/mol. The molecule has 14 N–H and O–H groups in total. The Hall–Kier alpha value is -2.61. The third-order valence-corrected chi connectivity index (χ3v) is 20.7. The van der Waals surface area contributed by atoms with Crippen LogP contribution in [0, 0.1) is 50.2 Å². The summed E-state index contributed by atoms with van der Waals surface area (Å²) in [5.74, 6) is -5.53. The first-order valence-electron chi connectivity index (χ1n) is 26.9. The number of carboxylic acids is 2. The zero-order valence-corrected chi connectivity index (χ0v) is 44.3. The third-order valence-electron chi connectivity index (χ3n) is 20.7. The zero-order valence-electron chi connectivity index (χ0n) is 44.3. The van der Waals surface area contributed by atoms with E-state index in [0.29, 0.717) is 25.7 Å². The topological polar surface area (TPSA) is 408 Å². The van der Waals surface area contributed by atoms with Crippen LogP contribution in [0.1, 0.15) is 99.8 Å². The van der Waals surface area contributed by atoms with Crippen LogP contribution < -0.4 is 0 Å². The van der Waals surface area contributed by atoms with Crippen molar-refractivity contribution in [1.82, 2.24) is 0 Å². The summed E-state index contributed by atoms with van der Waals surface area (Å²) in [6.45, 7) is 12.2. The maximum Gasteiger partial charge on any atom is 0.335 e. The molecule has 5 aliphatic carbocycles. The van der Waals surface area contributed by atoms with Gasteiger partial charge in [-0.1, -0.05) is 46.3 Å². The number of carbonyl (C=O) groups is 3. The van der Waals surface area contributed by atoms with E-state index in [-0.39, 0.29) is 37.0 Å². The highest BCUT2D eigenvalue weighted by atomic mass is 16.8. The minimum Gasteiger partial charge on any atom is -0.481 e. The van der Waals surface area contributed by atoms with Gasteiger partial charge in [-0.25, -0.2) is 4.79 Å². The first-order chi connectivity index (χ1) is 35.8. The molecule has 29 atom stereocenters. The summed E-state index contributed by atoms with van der Waals surface area (Å²) in [5.41, 5.74) is -5.38. The lowest BCUT2D eigenvalue weighted by molar-refractivity contribution is -0.369. The van der Waals surface area contributed by atoms with Crippen LogP contribution in [0.15, 0.2) is 11.6 Å². The molecule has 9 rings (SSSR count). The largest absolute Gasteiger partial charge is 0.481 e. The normalized spacial score (nSPS) is 54.6. The summed E-state index contributed by atoms with van der Waals surface area (Å²) in [6, 6.07) is 0. The highest BCUT2D eigenvalue weighted by Crippen LogP contribution is 2.76. The number of allylic oxidation sites excluding steroid dienone is 2. The third kappa shape index (κ3) is 9.22. The fourth-order valence-electron chi connectivity index (χ4n) is 16.1. The molecule has 0 unspecified atom stereocenters. The van der Waals surface area contributed by atoms with E-state index < -0.39 is 199 Å². The molecule has 8 fully saturated rings. The maximum absolute atomic E-state index is 15.3. The van der Waals surface area contributed by atoms with Crippen LogP contribution in [-0.4, -0.2) is 232 Å². The minimum atomic E-state index is -2.03. The van der Waals surface area contributed by atoms with Gasteiger partial charge in [0.2, 0.25) is 6.29 Å². The van der Waals surface area contributed by atoms with E-state index in [2.05, 4.69) is 33.8 Å². The molecular formula is C52H80O25. The van der Waals surface area contributed by atoms with E-state index in [1.165, 1.54) is 13.8 Å². The maximum atomic E-state index is 15.3. The van der Waals surface area contributed by atoms with E-state index in [1.807, 2.05) is 6.92 Å². The molecule has 438 valence electrons. The Morgan fingerprint density at radius 1 is 0.597 bits per heavy atom. The summed E-state index contributed by atoms with van der Waals surface area (Å²) >= 11 is 0. The first-order valence-corrected chi connectivity index (χ1v) is 26.9. The van der Waals surface area contributed by atoms with E-state index in [1.54, 1.807) is 0 Å². The Balaban J connectivity index is 0.973. The fourth-order valence-corrected chi connectivity index (χ4v) is 16.1. The second-order valence-corrected chi connectivity index (χ2v) is 25.4. The van der Waals surface area contributed by atoms with Crippen molar-refractivity contribution >= 4 is 17.9 Å². The summed E-state index contributed by atoms with van der Waals surface area (Å²) in [4.78, 5) is 40.9. The highest BCUT2D eigenvalue weighted by molar-refractivity contribution is 5.80. The molecule has 0 aromatic rings. The number of ether oxygens (including phenoxy) is 8. The number of rotatable bonds is 10. The number of esters is 1. The smallest absolute Gasteiger partial charge is 0.335 e. The molecule has 0 aromatic heterocycles. The number of carboxylic acid groups (broad SMARTS) is 2. The second kappa shape index (κ2) is 20.7. The quantitative estimate of drug-likeness (QED) is 0.0604. The molecule has 0 amide bonds. The fraction of sp³-hybridized carbons (Fsp3) is 0.904. The summed E-state index contributed by atoms with van der Waals surface area (Å²) in [7, 11) is 0. The molecule has 4 heterocycles. The number of hydrogen-bond acceptors (Lipinski definition) is 23. The Bertz CT molecular complexity index is 2250. The van der Waals surface area contributed by atoms with Crippen LogP contribution in [-0.2, 0) is 52.3 Å². The van der Waals surface area contributed by atoms with Crippen LogP contribution in [0.3, 0.4) is 0 Å². The number of hydrogen-bond donors (Lipinski definition) is 14. The van der Waals surface area contributed by atoms with Gasteiger partial charge in [0.25, 0.3) is 0 Å². The molecule has 25 nitrogen and oxygen atoms in total.